The van der Waals surface area contributed by atoms with Gasteiger partial charge in [0.25, 0.3) is 0 Å². The van der Waals surface area contributed by atoms with E-state index in [0.717, 1.165) is 0 Å². The number of rotatable bonds is 4. The molecule has 0 unspecified atom stereocenters. The van der Waals surface area contributed by atoms with Gasteiger partial charge in [-0.15, -0.1) is 0 Å². The van der Waals surface area contributed by atoms with E-state index in [1.807, 2.05) is 0 Å². The summed E-state index contributed by atoms with van der Waals surface area (Å²) in [5.41, 5.74) is 0. The predicted octanol–water partition coefficient (Wildman–Crippen LogP) is -0.220. The molecule has 0 aliphatic rings. The van der Waals surface area contributed by atoms with Crippen molar-refractivity contribution in [3.05, 3.63) is 0 Å². The molecule has 0 aliphatic carbocycles. The minimum atomic E-state index is -0.417. The summed E-state index contributed by atoms with van der Waals surface area (Å²) in [6.07, 6.45) is 0. The zero-order chi connectivity index (χ0) is 7.11. The van der Waals surface area contributed by atoms with E-state index < -0.39 is 5.97 Å². The number of carbonyl (C=O) groups excluding carboxylic acids is 1. The number of hydrogen-bond acceptors (Lipinski definition) is 4. The molecule has 0 aromatic carbocycles. The molecule has 0 N–H and O–H groups in total. The van der Waals surface area contributed by atoms with Crippen molar-refractivity contribution in [2.24, 2.45) is 0 Å². The van der Waals surface area contributed by atoms with Crippen LogP contribution in [-0.4, -0.2) is 33.6 Å². The smallest absolute Gasteiger partial charge is 0.334 e. The van der Waals surface area contributed by atoms with Crippen molar-refractivity contribution in [1.29, 1.82) is 0 Å². The zero-order valence-electron chi connectivity index (χ0n) is 5.55. The molecule has 0 aromatic heterocycles. The fourth-order valence-corrected chi connectivity index (χ4v) is 0.284. The van der Waals surface area contributed by atoms with E-state index in [-0.39, 0.29) is 13.4 Å². The molecule has 0 bridgehead atoms. The topological polar surface area (TPSA) is 44.8 Å². The summed E-state index contributed by atoms with van der Waals surface area (Å²) < 4.78 is 13.4. The Morgan fingerprint density at radius 2 is 2.00 bits per heavy atom. The van der Waals surface area contributed by atoms with Crippen molar-refractivity contribution >= 4 is 5.97 Å². The normalized spacial score (nSPS) is 9.11. The highest BCUT2D eigenvalue weighted by Crippen LogP contribution is 1.78. The standard InChI is InChI=1S/C5H10O4/c1-7-3-5(6)9-4-8-2/h3-4H2,1-2H3. The van der Waals surface area contributed by atoms with Crippen LogP contribution in [0.2, 0.25) is 0 Å². The molecule has 0 heterocycles. The number of esters is 1. The summed E-state index contributed by atoms with van der Waals surface area (Å²) >= 11 is 0. The Labute approximate surface area is 53.7 Å². The van der Waals surface area contributed by atoms with Gasteiger partial charge >= 0.3 is 5.97 Å². The van der Waals surface area contributed by atoms with Crippen LogP contribution in [0.4, 0.5) is 0 Å². The van der Waals surface area contributed by atoms with Crippen LogP contribution in [-0.2, 0) is 19.0 Å². The average molecular weight is 134 g/mol. The van der Waals surface area contributed by atoms with Gasteiger partial charge in [-0.2, -0.15) is 0 Å². The maximum Gasteiger partial charge on any atom is 0.334 e. The van der Waals surface area contributed by atoms with Crippen LogP contribution in [0.1, 0.15) is 0 Å². The number of hydrogen-bond donors (Lipinski definition) is 0. The van der Waals surface area contributed by atoms with Crippen molar-refractivity contribution in [3.63, 3.8) is 0 Å². The molecule has 54 valence electrons. The van der Waals surface area contributed by atoms with Crippen LogP contribution < -0.4 is 0 Å². The van der Waals surface area contributed by atoms with E-state index in [9.17, 15) is 4.79 Å². The van der Waals surface area contributed by atoms with E-state index in [2.05, 4.69) is 14.2 Å². The average Bonchev–Trinajstić information content (AvgIpc) is 1.85. The summed E-state index contributed by atoms with van der Waals surface area (Å²) in [4.78, 5) is 10.4. The molecule has 0 aliphatic heterocycles. The number of carbonyl (C=O) groups is 1. The van der Waals surface area contributed by atoms with Crippen molar-refractivity contribution in [3.8, 4) is 0 Å². The first-order valence-electron chi connectivity index (χ1n) is 2.44. The van der Waals surface area contributed by atoms with Crippen LogP contribution in [0.15, 0.2) is 0 Å². The SMILES string of the molecule is COCOC(=O)COC. The first-order valence-corrected chi connectivity index (χ1v) is 2.44. The summed E-state index contributed by atoms with van der Waals surface area (Å²) in [7, 11) is 2.87. The lowest BCUT2D eigenvalue weighted by Gasteiger charge is -1.99. The van der Waals surface area contributed by atoms with E-state index in [1.165, 1.54) is 14.2 Å². The Bertz CT molecular complexity index is 81.0. The number of methoxy groups -OCH3 is 2. The van der Waals surface area contributed by atoms with Crippen LogP contribution in [0, 0.1) is 0 Å². The molecule has 0 amide bonds. The summed E-state index contributed by atoms with van der Waals surface area (Å²) in [5, 5.41) is 0. The van der Waals surface area contributed by atoms with Crippen molar-refractivity contribution in [2.45, 2.75) is 0 Å². The quantitative estimate of drug-likeness (QED) is 0.394. The minimum absolute atomic E-state index is 0.0117. The Morgan fingerprint density at radius 3 is 2.44 bits per heavy atom. The highest BCUT2D eigenvalue weighted by molar-refractivity contribution is 5.70. The fourth-order valence-electron chi connectivity index (χ4n) is 0.284. The Balaban J connectivity index is 3.06. The fraction of sp³-hybridized carbons (Fsp3) is 0.800. The number of ether oxygens (including phenoxy) is 3. The first-order chi connectivity index (χ1) is 4.31. The molecule has 0 saturated heterocycles. The van der Waals surface area contributed by atoms with Gasteiger partial charge in [-0.1, -0.05) is 0 Å². The van der Waals surface area contributed by atoms with Crippen molar-refractivity contribution in [1.82, 2.24) is 0 Å². The third-order valence-corrected chi connectivity index (χ3v) is 0.600. The van der Waals surface area contributed by atoms with E-state index in [0.29, 0.717) is 0 Å². The Kier molecular flexibility index (Phi) is 5.15. The molecular weight excluding hydrogens is 124 g/mol. The highest BCUT2D eigenvalue weighted by atomic mass is 16.7. The molecule has 0 spiro atoms. The van der Waals surface area contributed by atoms with E-state index in [4.69, 9.17) is 0 Å². The lowest BCUT2D eigenvalue weighted by atomic mass is 10.7. The molecule has 0 saturated carbocycles. The molecule has 0 aromatic rings. The van der Waals surface area contributed by atoms with Crippen molar-refractivity contribution in [2.75, 3.05) is 27.6 Å². The van der Waals surface area contributed by atoms with Crippen LogP contribution in [0.5, 0.6) is 0 Å². The van der Waals surface area contributed by atoms with Gasteiger partial charge in [0.1, 0.15) is 6.61 Å². The maximum absolute atomic E-state index is 10.4. The molecular formula is C5H10O4. The van der Waals surface area contributed by atoms with Crippen LogP contribution in [0.3, 0.4) is 0 Å². The second-order valence-electron chi connectivity index (χ2n) is 1.36. The Hall–Kier alpha value is -0.610. The summed E-state index contributed by atoms with van der Waals surface area (Å²) in [5.74, 6) is -0.417. The van der Waals surface area contributed by atoms with Crippen molar-refractivity contribution < 1.29 is 19.0 Å². The first kappa shape index (κ1) is 8.39. The van der Waals surface area contributed by atoms with Crippen LogP contribution >= 0.6 is 0 Å². The highest BCUT2D eigenvalue weighted by Gasteiger charge is 1.97. The Morgan fingerprint density at radius 1 is 1.33 bits per heavy atom. The zero-order valence-corrected chi connectivity index (χ0v) is 5.55. The van der Waals surface area contributed by atoms with Gasteiger partial charge in [0, 0.05) is 14.2 Å². The van der Waals surface area contributed by atoms with Gasteiger partial charge in [-0.3, -0.25) is 0 Å². The monoisotopic (exact) mass is 134 g/mol. The minimum Gasteiger partial charge on any atom is -0.437 e. The molecule has 4 heteroatoms. The molecule has 4 nitrogen and oxygen atoms in total. The lowest BCUT2D eigenvalue weighted by molar-refractivity contribution is -0.158. The molecule has 9 heavy (non-hydrogen) atoms. The van der Waals surface area contributed by atoms with Gasteiger partial charge < -0.3 is 14.2 Å². The van der Waals surface area contributed by atoms with Gasteiger partial charge in [-0.25, -0.2) is 4.79 Å². The molecule has 0 rings (SSSR count). The predicted molar refractivity (Wildman–Crippen MR) is 29.8 cm³/mol. The second kappa shape index (κ2) is 5.53. The molecule has 0 fully saturated rings. The van der Waals surface area contributed by atoms with E-state index >= 15 is 0 Å². The second-order valence-corrected chi connectivity index (χ2v) is 1.36. The molecule has 0 atom stereocenters. The van der Waals surface area contributed by atoms with Gasteiger partial charge in [0.15, 0.2) is 6.79 Å². The summed E-state index contributed by atoms with van der Waals surface area (Å²) in [6.45, 7) is -0.0362. The van der Waals surface area contributed by atoms with Gasteiger partial charge in [0.05, 0.1) is 0 Å². The third kappa shape index (κ3) is 5.26. The summed E-state index contributed by atoms with van der Waals surface area (Å²) in [6, 6.07) is 0. The largest absolute Gasteiger partial charge is 0.437 e. The third-order valence-electron chi connectivity index (χ3n) is 0.600. The maximum atomic E-state index is 10.4. The molecule has 0 radical (unpaired) electrons. The van der Waals surface area contributed by atoms with Crippen LogP contribution in [0.25, 0.3) is 0 Å². The van der Waals surface area contributed by atoms with E-state index in [1.54, 1.807) is 0 Å². The lowest BCUT2D eigenvalue weighted by Crippen LogP contribution is -2.12. The van der Waals surface area contributed by atoms with Gasteiger partial charge in [-0.05, 0) is 0 Å². The van der Waals surface area contributed by atoms with Gasteiger partial charge in [0.2, 0.25) is 0 Å².